The van der Waals surface area contributed by atoms with Crippen molar-refractivity contribution in [3.8, 4) is 5.75 Å². The standard InChI is InChI=1S/C22H23N3O6S2/c1-15-3-5-18(6-4-15)25-33(29,30)20-11-12-21(16(2)13-20)31-14-22(26)24-17-7-9-19(10-8-17)32(23,27)28/h3-13,25H,14H2,1-2H3,(H,24,26)(H2,23,27,28). The van der Waals surface area contributed by atoms with Gasteiger partial charge in [0.25, 0.3) is 15.9 Å². The fourth-order valence-electron chi connectivity index (χ4n) is 2.85. The molecule has 3 aromatic rings. The molecule has 4 N–H and O–H groups in total. The molecule has 174 valence electrons. The molecule has 3 aromatic carbocycles. The lowest BCUT2D eigenvalue weighted by Crippen LogP contribution is -2.20. The highest BCUT2D eigenvalue weighted by Crippen LogP contribution is 2.24. The van der Waals surface area contributed by atoms with Crippen LogP contribution in [0.1, 0.15) is 11.1 Å². The number of rotatable bonds is 8. The Balaban J connectivity index is 1.61. The summed E-state index contributed by atoms with van der Waals surface area (Å²) in [6, 6.07) is 16.7. The molecule has 0 aliphatic heterocycles. The van der Waals surface area contributed by atoms with Crippen LogP contribution in [-0.4, -0.2) is 29.3 Å². The van der Waals surface area contributed by atoms with Gasteiger partial charge in [-0.1, -0.05) is 17.7 Å². The van der Waals surface area contributed by atoms with Crippen LogP contribution in [-0.2, 0) is 24.8 Å². The van der Waals surface area contributed by atoms with E-state index in [1.807, 2.05) is 6.92 Å². The Morgan fingerprint density at radius 2 is 1.42 bits per heavy atom. The highest BCUT2D eigenvalue weighted by Gasteiger charge is 2.16. The average Bonchev–Trinajstić information content (AvgIpc) is 2.74. The molecule has 9 nitrogen and oxygen atoms in total. The van der Waals surface area contributed by atoms with Gasteiger partial charge in [-0.15, -0.1) is 0 Å². The molecule has 0 saturated carbocycles. The quantitative estimate of drug-likeness (QED) is 0.444. The van der Waals surface area contributed by atoms with Gasteiger partial charge in [0.15, 0.2) is 6.61 Å². The van der Waals surface area contributed by atoms with Crippen molar-refractivity contribution < 1.29 is 26.4 Å². The van der Waals surface area contributed by atoms with Crippen molar-refractivity contribution in [3.63, 3.8) is 0 Å². The van der Waals surface area contributed by atoms with E-state index in [0.717, 1.165) is 5.56 Å². The van der Waals surface area contributed by atoms with Crippen molar-refractivity contribution in [2.45, 2.75) is 23.6 Å². The molecule has 0 saturated heterocycles. The molecule has 1 amide bonds. The van der Waals surface area contributed by atoms with E-state index in [1.165, 1.54) is 42.5 Å². The van der Waals surface area contributed by atoms with Crippen molar-refractivity contribution in [1.82, 2.24) is 0 Å². The van der Waals surface area contributed by atoms with E-state index < -0.39 is 26.0 Å². The van der Waals surface area contributed by atoms with Crippen molar-refractivity contribution in [2.75, 3.05) is 16.6 Å². The van der Waals surface area contributed by atoms with Crippen LogP contribution in [0.15, 0.2) is 76.5 Å². The number of primary sulfonamides is 1. The largest absolute Gasteiger partial charge is 0.483 e. The number of amides is 1. The van der Waals surface area contributed by atoms with Crippen LogP contribution in [0.3, 0.4) is 0 Å². The van der Waals surface area contributed by atoms with E-state index >= 15 is 0 Å². The minimum atomic E-state index is -3.82. The van der Waals surface area contributed by atoms with Crippen molar-refractivity contribution in [3.05, 3.63) is 77.9 Å². The molecule has 11 heteroatoms. The molecule has 0 radical (unpaired) electrons. The summed E-state index contributed by atoms with van der Waals surface area (Å²) in [5.74, 6) is -0.125. The summed E-state index contributed by atoms with van der Waals surface area (Å²) >= 11 is 0. The average molecular weight is 490 g/mol. The van der Waals surface area contributed by atoms with E-state index in [2.05, 4.69) is 10.0 Å². The van der Waals surface area contributed by atoms with Crippen molar-refractivity contribution in [1.29, 1.82) is 0 Å². The second-order valence-electron chi connectivity index (χ2n) is 7.31. The summed E-state index contributed by atoms with van der Waals surface area (Å²) in [5, 5.41) is 7.61. The normalized spacial score (nSPS) is 11.6. The Morgan fingerprint density at radius 1 is 0.848 bits per heavy atom. The van der Waals surface area contributed by atoms with E-state index in [-0.39, 0.29) is 16.4 Å². The molecule has 0 unspecified atom stereocenters. The van der Waals surface area contributed by atoms with Crippen LogP contribution in [0.4, 0.5) is 11.4 Å². The summed E-state index contributed by atoms with van der Waals surface area (Å²) in [6.45, 7) is 3.25. The first-order chi connectivity index (χ1) is 15.4. The number of carbonyl (C=O) groups excluding carboxylic acids is 1. The molecule has 33 heavy (non-hydrogen) atoms. The summed E-state index contributed by atoms with van der Waals surface area (Å²) in [7, 11) is -7.61. The topological polar surface area (TPSA) is 145 Å². The van der Waals surface area contributed by atoms with Gasteiger partial charge in [-0.3, -0.25) is 9.52 Å². The summed E-state index contributed by atoms with van der Waals surface area (Å²) in [6.07, 6.45) is 0. The molecular weight excluding hydrogens is 466 g/mol. The second-order valence-corrected chi connectivity index (χ2v) is 10.5. The van der Waals surface area contributed by atoms with Crippen LogP contribution in [0.25, 0.3) is 0 Å². The Kier molecular flexibility index (Phi) is 7.06. The van der Waals surface area contributed by atoms with Crippen LogP contribution < -0.4 is 19.9 Å². The lowest BCUT2D eigenvalue weighted by Gasteiger charge is -2.12. The Hall–Kier alpha value is -3.41. The zero-order valence-electron chi connectivity index (χ0n) is 17.9. The van der Waals surface area contributed by atoms with Crippen LogP contribution in [0.5, 0.6) is 5.75 Å². The minimum Gasteiger partial charge on any atom is -0.483 e. The first-order valence-electron chi connectivity index (χ1n) is 9.70. The molecule has 0 atom stereocenters. The third-order valence-corrected chi connectivity index (χ3v) is 6.89. The van der Waals surface area contributed by atoms with Crippen molar-refractivity contribution >= 4 is 37.3 Å². The monoisotopic (exact) mass is 489 g/mol. The van der Waals surface area contributed by atoms with Gasteiger partial charge in [-0.2, -0.15) is 0 Å². The minimum absolute atomic E-state index is 0.0623. The Labute approximate surface area is 192 Å². The zero-order chi connectivity index (χ0) is 24.2. The number of carbonyl (C=O) groups is 1. The molecule has 0 bridgehead atoms. The second kappa shape index (κ2) is 9.61. The van der Waals surface area contributed by atoms with Gasteiger partial charge < -0.3 is 10.1 Å². The molecule has 0 heterocycles. The predicted octanol–water partition coefficient (Wildman–Crippen LogP) is 2.77. The zero-order valence-corrected chi connectivity index (χ0v) is 19.5. The van der Waals surface area contributed by atoms with Crippen LogP contribution in [0.2, 0.25) is 0 Å². The number of anilines is 2. The van der Waals surface area contributed by atoms with Gasteiger partial charge in [0.1, 0.15) is 5.75 Å². The van der Waals surface area contributed by atoms with E-state index in [9.17, 15) is 21.6 Å². The van der Waals surface area contributed by atoms with Gasteiger partial charge in [0.05, 0.1) is 9.79 Å². The molecule has 0 aromatic heterocycles. The molecule has 0 aliphatic rings. The Morgan fingerprint density at radius 3 is 2.00 bits per heavy atom. The number of nitrogens with two attached hydrogens (primary N) is 1. The summed E-state index contributed by atoms with van der Waals surface area (Å²) in [5.41, 5.74) is 2.37. The van der Waals surface area contributed by atoms with Crippen LogP contribution >= 0.6 is 0 Å². The van der Waals surface area contributed by atoms with Gasteiger partial charge >= 0.3 is 0 Å². The maximum atomic E-state index is 12.6. The number of sulfonamides is 2. The number of nitrogens with one attached hydrogen (secondary N) is 2. The first kappa shape index (κ1) is 24.2. The number of hydrogen-bond donors (Lipinski definition) is 3. The first-order valence-corrected chi connectivity index (χ1v) is 12.7. The molecule has 0 fully saturated rings. The molecule has 3 rings (SSSR count). The lowest BCUT2D eigenvalue weighted by atomic mass is 10.2. The van der Waals surface area contributed by atoms with Gasteiger partial charge in [0.2, 0.25) is 10.0 Å². The predicted molar refractivity (Wildman–Crippen MR) is 125 cm³/mol. The molecule has 0 aliphatic carbocycles. The number of hydrogen-bond acceptors (Lipinski definition) is 6. The number of benzene rings is 3. The summed E-state index contributed by atoms with van der Waals surface area (Å²) < 4.78 is 55.9. The fourth-order valence-corrected chi connectivity index (χ4v) is 4.51. The smallest absolute Gasteiger partial charge is 0.262 e. The molecular formula is C22H23N3O6S2. The van der Waals surface area contributed by atoms with Gasteiger partial charge in [-0.25, -0.2) is 22.0 Å². The highest BCUT2D eigenvalue weighted by molar-refractivity contribution is 7.92. The maximum absolute atomic E-state index is 12.6. The SMILES string of the molecule is Cc1ccc(NS(=O)(=O)c2ccc(OCC(=O)Nc3ccc(S(N)(=O)=O)cc3)c(C)c2)cc1. The number of ether oxygens (including phenoxy) is 1. The lowest BCUT2D eigenvalue weighted by molar-refractivity contribution is -0.118. The highest BCUT2D eigenvalue weighted by atomic mass is 32.2. The van der Waals surface area contributed by atoms with E-state index in [1.54, 1.807) is 31.2 Å². The third-order valence-electron chi connectivity index (χ3n) is 4.59. The molecule has 0 spiro atoms. The number of aryl methyl sites for hydroxylation is 2. The summed E-state index contributed by atoms with van der Waals surface area (Å²) in [4.78, 5) is 12.1. The van der Waals surface area contributed by atoms with E-state index in [4.69, 9.17) is 9.88 Å². The van der Waals surface area contributed by atoms with Gasteiger partial charge in [-0.05, 0) is 74.0 Å². The van der Waals surface area contributed by atoms with Crippen molar-refractivity contribution in [2.24, 2.45) is 5.14 Å². The Bertz CT molecular complexity index is 1370. The fraction of sp³-hybridized carbons (Fsp3) is 0.136. The van der Waals surface area contributed by atoms with Crippen LogP contribution in [0, 0.1) is 13.8 Å². The third kappa shape index (κ3) is 6.54. The van der Waals surface area contributed by atoms with E-state index in [0.29, 0.717) is 22.7 Å². The maximum Gasteiger partial charge on any atom is 0.262 e. The van der Waals surface area contributed by atoms with Gasteiger partial charge in [0, 0.05) is 11.4 Å².